The molecule has 3 rings (SSSR count). The number of rotatable bonds is 5. The van der Waals surface area contributed by atoms with Gasteiger partial charge in [0.15, 0.2) is 0 Å². The summed E-state index contributed by atoms with van der Waals surface area (Å²) in [5.74, 6) is 0.830. The number of hydrazine groups is 1. The first-order valence-electron chi connectivity index (χ1n) is 8.14. The molecule has 5 nitrogen and oxygen atoms in total. The van der Waals surface area contributed by atoms with E-state index in [1.54, 1.807) is 7.11 Å². The summed E-state index contributed by atoms with van der Waals surface area (Å²) < 4.78 is 5.26. The average molecular weight is 325 g/mol. The molecule has 0 aromatic heterocycles. The van der Waals surface area contributed by atoms with Crippen molar-refractivity contribution in [1.29, 1.82) is 0 Å². The number of carbonyl (C=O) groups is 1. The average Bonchev–Trinajstić information content (AvgIpc) is 3.10. The van der Waals surface area contributed by atoms with Gasteiger partial charge in [-0.1, -0.05) is 42.0 Å². The van der Waals surface area contributed by atoms with Gasteiger partial charge in [0.25, 0.3) is 0 Å². The fraction of sp³-hybridized carbons (Fsp3) is 0.316. The minimum absolute atomic E-state index is 0.00871. The Balaban J connectivity index is 1.55. The number of aryl methyl sites for hydroxylation is 1. The van der Waals surface area contributed by atoms with E-state index in [2.05, 4.69) is 22.2 Å². The molecule has 1 heterocycles. The Morgan fingerprint density at radius 2 is 2.04 bits per heavy atom. The van der Waals surface area contributed by atoms with Gasteiger partial charge in [-0.15, -0.1) is 0 Å². The van der Waals surface area contributed by atoms with E-state index < -0.39 is 0 Å². The highest BCUT2D eigenvalue weighted by atomic mass is 16.5. The molecule has 1 amide bonds. The minimum Gasteiger partial charge on any atom is -0.497 e. The van der Waals surface area contributed by atoms with Crippen LogP contribution in [0, 0.1) is 6.92 Å². The number of ether oxygens (including phenoxy) is 1. The number of methoxy groups -OCH3 is 1. The van der Waals surface area contributed by atoms with Crippen LogP contribution in [0.1, 0.15) is 29.2 Å². The number of hydrogen-bond donors (Lipinski definition) is 3. The third-order valence-electron chi connectivity index (χ3n) is 4.27. The molecular formula is C19H23N3O2. The summed E-state index contributed by atoms with van der Waals surface area (Å²) in [6, 6.07) is 15.9. The molecule has 2 unspecified atom stereocenters. The second kappa shape index (κ2) is 7.47. The van der Waals surface area contributed by atoms with Crippen molar-refractivity contribution in [2.45, 2.75) is 32.0 Å². The molecule has 1 fully saturated rings. The molecule has 0 bridgehead atoms. The molecule has 0 saturated carbocycles. The Labute approximate surface area is 142 Å². The maximum absolute atomic E-state index is 12.4. The Hall–Kier alpha value is -2.37. The first kappa shape index (κ1) is 16.5. The Bertz CT molecular complexity index is 717. The zero-order chi connectivity index (χ0) is 16.9. The van der Waals surface area contributed by atoms with Crippen molar-refractivity contribution in [3.8, 4) is 5.75 Å². The van der Waals surface area contributed by atoms with Gasteiger partial charge in [0.1, 0.15) is 11.8 Å². The van der Waals surface area contributed by atoms with E-state index in [1.165, 1.54) is 5.56 Å². The molecule has 1 saturated heterocycles. The number of amides is 1. The van der Waals surface area contributed by atoms with Gasteiger partial charge in [-0.2, -0.15) is 0 Å². The van der Waals surface area contributed by atoms with Crippen molar-refractivity contribution < 1.29 is 9.53 Å². The van der Waals surface area contributed by atoms with Gasteiger partial charge in [-0.3, -0.25) is 4.79 Å². The molecule has 0 radical (unpaired) electrons. The van der Waals surface area contributed by atoms with Crippen molar-refractivity contribution in [1.82, 2.24) is 16.2 Å². The molecule has 0 spiro atoms. The second-order valence-electron chi connectivity index (χ2n) is 6.11. The van der Waals surface area contributed by atoms with Crippen LogP contribution in [-0.4, -0.2) is 19.1 Å². The van der Waals surface area contributed by atoms with Crippen LogP contribution in [0.5, 0.6) is 5.75 Å². The van der Waals surface area contributed by atoms with Crippen LogP contribution >= 0.6 is 0 Å². The molecule has 2 aromatic carbocycles. The van der Waals surface area contributed by atoms with E-state index in [-0.39, 0.29) is 18.0 Å². The zero-order valence-corrected chi connectivity index (χ0v) is 14.0. The number of hydrogen-bond acceptors (Lipinski definition) is 4. The Kier molecular flexibility index (Phi) is 5.13. The van der Waals surface area contributed by atoms with Gasteiger partial charge in [0, 0.05) is 12.6 Å². The van der Waals surface area contributed by atoms with Crippen LogP contribution in [0.3, 0.4) is 0 Å². The van der Waals surface area contributed by atoms with E-state index in [9.17, 15) is 4.79 Å². The normalized spacial score (nSPS) is 19.9. The van der Waals surface area contributed by atoms with Crippen molar-refractivity contribution in [3.63, 3.8) is 0 Å². The quantitative estimate of drug-likeness (QED) is 0.789. The van der Waals surface area contributed by atoms with Crippen LogP contribution in [0.25, 0.3) is 0 Å². The number of benzene rings is 2. The predicted molar refractivity (Wildman–Crippen MR) is 93.4 cm³/mol. The maximum Gasteiger partial charge on any atom is 0.238 e. The van der Waals surface area contributed by atoms with E-state index >= 15 is 0 Å². The predicted octanol–water partition coefficient (Wildman–Crippen LogP) is 2.23. The summed E-state index contributed by atoms with van der Waals surface area (Å²) >= 11 is 0. The first-order valence-corrected chi connectivity index (χ1v) is 8.14. The lowest BCUT2D eigenvalue weighted by atomic mass is 10.0. The fourth-order valence-corrected chi connectivity index (χ4v) is 2.94. The van der Waals surface area contributed by atoms with Crippen molar-refractivity contribution in [2.24, 2.45) is 0 Å². The van der Waals surface area contributed by atoms with Gasteiger partial charge in [-0.25, -0.2) is 10.9 Å². The summed E-state index contributed by atoms with van der Waals surface area (Å²) in [5, 5.41) is 3.00. The summed E-state index contributed by atoms with van der Waals surface area (Å²) in [5.41, 5.74) is 9.70. The maximum atomic E-state index is 12.4. The van der Waals surface area contributed by atoms with Crippen molar-refractivity contribution in [3.05, 3.63) is 65.2 Å². The van der Waals surface area contributed by atoms with Crippen molar-refractivity contribution in [2.75, 3.05) is 7.11 Å². The zero-order valence-electron chi connectivity index (χ0n) is 14.0. The molecule has 0 aliphatic carbocycles. The van der Waals surface area contributed by atoms with Crippen LogP contribution in [0.4, 0.5) is 0 Å². The third-order valence-corrected chi connectivity index (χ3v) is 4.27. The smallest absolute Gasteiger partial charge is 0.238 e. The standard InChI is InChI=1S/C19H23N3O2/c1-13-5-3-6-14(9-13)12-20-19(23)18-11-17(21-22-18)15-7-4-8-16(10-15)24-2/h3-10,17-18,21-22H,11-12H2,1-2H3,(H,20,23). The molecule has 1 aliphatic rings. The van der Waals surface area contributed by atoms with Gasteiger partial charge in [0.05, 0.1) is 7.11 Å². The summed E-state index contributed by atoms with van der Waals surface area (Å²) in [6.07, 6.45) is 0.701. The topological polar surface area (TPSA) is 62.4 Å². The number of nitrogens with one attached hydrogen (secondary N) is 3. The van der Waals surface area contributed by atoms with Crippen LogP contribution < -0.4 is 20.9 Å². The van der Waals surface area contributed by atoms with E-state index in [4.69, 9.17) is 4.74 Å². The first-order chi connectivity index (χ1) is 11.7. The number of carbonyl (C=O) groups excluding carboxylic acids is 1. The van der Waals surface area contributed by atoms with E-state index in [1.807, 2.05) is 49.4 Å². The molecule has 3 N–H and O–H groups in total. The highest BCUT2D eigenvalue weighted by Crippen LogP contribution is 2.25. The lowest BCUT2D eigenvalue weighted by molar-refractivity contribution is -0.123. The monoisotopic (exact) mass is 325 g/mol. The highest BCUT2D eigenvalue weighted by Gasteiger charge is 2.30. The molecule has 5 heteroatoms. The Morgan fingerprint density at radius 1 is 1.21 bits per heavy atom. The second-order valence-corrected chi connectivity index (χ2v) is 6.11. The molecule has 1 aliphatic heterocycles. The summed E-state index contributed by atoms with van der Waals surface area (Å²) in [6.45, 7) is 2.59. The largest absolute Gasteiger partial charge is 0.497 e. The van der Waals surface area contributed by atoms with Crippen LogP contribution in [0.2, 0.25) is 0 Å². The lowest BCUT2D eigenvalue weighted by Crippen LogP contribution is -2.42. The lowest BCUT2D eigenvalue weighted by Gasteiger charge is -2.12. The Morgan fingerprint density at radius 3 is 2.83 bits per heavy atom. The molecule has 24 heavy (non-hydrogen) atoms. The SMILES string of the molecule is COc1cccc(C2CC(C(=O)NCc3cccc(C)c3)NN2)c1. The van der Waals surface area contributed by atoms with Gasteiger partial charge in [0.2, 0.25) is 5.91 Å². The third kappa shape index (κ3) is 3.93. The fourth-order valence-electron chi connectivity index (χ4n) is 2.94. The van der Waals surface area contributed by atoms with Crippen LogP contribution in [-0.2, 0) is 11.3 Å². The van der Waals surface area contributed by atoms with Crippen LogP contribution in [0.15, 0.2) is 48.5 Å². The van der Waals surface area contributed by atoms with Gasteiger partial charge >= 0.3 is 0 Å². The highest BCUT2D eigenvalue weighted by molar-refractivity contribution is 5.82. The summed E-state index contributed by atoms with van der Waals surface area (Å²) in [4.78, 5) is 12.4. The van der Waals surface area contributed by atoms with E-state index in [0.717, 1.165) is 16.9 Å². The van der Waals surface area contributed by atoms with Gasteiger partial charge in [-0.05, 0) is 36.6 Å². The molecule has 126 valence electrons. The molecule has 2 aromatic rings. The van der Waals surface area contributed by atoms with Gasteiger partial charge < -0.3 is 10.1 Å². The van der Waals surface area contributed by atoms with Crippen molar-refractivity contribution >= 4 is 5.91 Å². The molecule has 2 atom stereocenters. The molecular weight excluding hydrogens is 302 g/mol. The summed E-state index contributed by atoms with van der Waals surface area (Å²) in [7, 11) is 1.65. The van der Waals surface area contributed by atoms with E-state index in [0.29, 0.717) is 13.0 Å². The minimum atomic E-state index is -0.244.